The zero-order valence-corrected chi connectivity index (χ0v) is 13.5. The number of carbonyl (C=O) groups is 1. The summed E-state index contributed by atoms with van der Waals surface area (Å²) in [5.41, 5.74) is 0. The van der Waals surface area contributed by atoms with Crippen molar-refractivity contribution >= 4 is 27.3 Å². The molecule has 2 rings (SSSR count). The average molecular weight is 332 g/mol. The molecule has 1 aromatic rings. The lowest BCUT2D eigenvalue weighted by molar-refractivity contribution is 0.0698. The first-order chi connectivity index (χ1) is 9.92. The van der Waals surface area contributed by atoms with E-state index < -0.39 is 16.0 Å². The van der Waals surface area contributed by atoms with Crippen LogP contribution in [0.2, 0.25) is 0 Å². The Bertz CT molecular complexity index is 591. The highest BCUT2D eigenvalue weighted by Crippen LogP contribution is 2.22. The van der Waals surface area contributed by atoms with Crippen LogP contribution < -0.4 is 4.72 Å². The van der Waals surface area contributed by atoms with Crippen LogP contribution in [0, 0.1) is 0 Å². The van der Waals surface area contributed by atoms with Gasteiger partial charge in [-0.15, -0.1) is 11.3 Å². The van der Waals surface area contributed by atoms with E-state index in [1.54, 1.807) is 0 Å². The zero-order valence-electron chi connectivity index (χ0n) is 11.9. The minimum absolute atomic E-state index is 0.104. The second-order valence-electron chi connectivity index (χ2n) is 5.22. The van der Waals surface area contributed by atoms with Gasteiger partial charge in [0, 0.05) is 12.6 Å². The van der Waals surface area contributed by atoms with Gasteiger partial charge in [0.05, 0.1) is 0 Å². The van der Waals surface area contributed by atoms with Crippen LogP contribution in [0.4, 0.5) is 0 Å². The first kappa shape index (κ1) is 16.4. The maximum atomic E-state index is 12.2. The van der Waals surface area contributed by atoms with E-state index in [0.717, 1.165) is 37.3 Å². The number of carboxylic acids is 1. The monoisotopic (exact) mass is 332 g/mol. The third-order valence-electron chi connectivity index (χ3n) is 3.70. The number of nitrogens with one attached hydrogen (secondary N) is 1. The van der Waals surface area contributed by atoms with Crippen molar-refractivity contribution < 1.29 is 18.3 Å². The maximum Gasteiger partial charge on any atom is 0.347 e. The van der Waals surface area contributed by atoms with Gasteiger partial charge < -0.3 is 5.11 Å². The highest BCUT2D eigenvalue weighted by Gasteiger charge is 2.25. The van der Waals surface area contributed by atoms with Gasteiger partial charge in [-0.25, -0.2) is 17.9 Å². The third kappa shape index (κ3) is 4.03. The van der Waals surface area contributed by atoms with Crippen LogP contribution in [0.25, 0.3) is 0 Å². The van der Waals surface area contributed by atoms with Crippen molar-refractivity contribution in [3.8, 4) is 0 Å². The van der Waals surface area contributed by atoms with E-state index in [1.165, 1.54) is 17.9 Å². The summed E-state index contributed by atoms with van der Waals surface area (Å²) >= 11 is 0.918. The molecular weight excluding hydrogens is 312 g/mol. The van der Waals surface area contributed by atoms with Gasteiger partial charge in [0.25, 0.3) is 0 Å². The fourth-order valence-electron chi connectivity index (χ4n) is 2.46. The summed E-state index contributed by atoms with van der Waals surface area (Å²) in [6, 6.07) is 1.44. The minimum atomic E-state index is -3.77. The Kier molecular flexibility index (Phi) is 5.37. The third-order valence-corrected chi connectivity index (χ3v) is 6.19. The highest BCUT2D eigenvalue weighted by atomic mass is 32.2. The molecule has 1 unspecified atom stereocenters. The van der Waals surface area contributed by atoms with E-state index >= 15 is 0 Å². The molecule has 0 saturated carbocycles. The number of likely N-dealkylation sites (tertiary alicyclic amines) is 1. The van der Waals surface area contributed by atoms with Crippen LogP contribution in [-0.4, -0.2) is 50.1 Å². The molecule has 21 heavy (non-hydrogen) atoms. The molecule has 2 heterocycles. The summed E-state index contributed by atoms with van der Waals surface area (Å²) in [6.07, 6.45) is 3.52. The number of rotatable bonds is 6. The topological polar surface area (TPSA) is 86.7 Å². The van der Waals surface area contributed by atoms with Gasteiger partial charge in [-0.3, -0.25) is 4.90 Å². The molecule has 8 heteroatoms. The van der Waals surface area contributed by atoms with Gasteiger partial charge >= 0.3 is 5.97 Å². The summed E-state index contributed by atoms with van der Waals surface area (Å²) in [5.74, 6) is -1.21. The van der Waals surface area contributed by atoms with Crippen LogP contribution >= 0.6 is 11.3 Å². The number of aromatic carboxylic acids is 1. The zero-order chi connectivity index (χ0) is 15.5. The second kappa shape index (κ2) is 6.87. The number of piperidine rings is 1. The van der Waals surface area contributed by atoms with E-state index in [9.17, 15) is 13.2 Å². The van der Waals surface area contributed by atoms with Crippen LogP contribution in [0.5, 0.6) is 0 Å². The van der Waals surface area contributed by atoms with Gasteiger partial charge in [0.2, 0.25) is 10.0 Å². The van der Waals surface area contributed by atoms with Gasteiger partial charge in [0.1, 0.15) is 9.77 Å². The molecule has 0 bridgehead atoms. The Balaban J connectivity index is 2.00. The largest absolute Gasteiger partial charge is 0.477 e. The number of hydrogen-bond donors (Lipinski definition) is 2. The SMILES string of the molecule is CC(CNS(=O)(=O)c1ccsc1C(=O)O)N1CCCCC1. The highest BCUT2D eigenvalue weighted by molar-refractivity contribution is 7.89. The normalized spacial score (nSPS) is 18.5. The van der Waals surface area contributed by atoms with Crippen molar-refractivity contribution in [2.75, 3.05) is 19.6 Å². The molecule has 0 aliphatic carbocycles. The van der Waals surface area contributed by atoms with Crippen LogP contribution in [0.1, 0.15) is 35.9 Å². The predicted molar refractivity (Wildman–Crippen MR) is 81.4 cm³/mol. The molecule has 1 atom stereocenters. The smallest absolute Gasteiger partial charge is 0.347 e. The van der Waals surface area contributed by atoms with E-state index in [4.69, 9.17) is 5.11 Å². The van der Waals surface area contributed by atoms with Crippen molar-refractivity contribution in [2.24, 2.45) is 0 Å². The molecule has 0 amide bonds. The van der Waals surface area contributed by atoms with Crippen molar-refractivity contribution in [2.45, 2.75) is 37.1 Å². The maximum absolute atomic E-state index is 12.2. The number of sulfonamides is 1. The minimum Gasteiger partial charge on any atom is -0.477 e. The van der Waals surface area contributed by atoms with E-state index in [0.29, 0.717) is 0 Å². The van der Waals surface area contributed by atoms with Crippen molar-refractivity contribution in [1.29, 1.82) is 0 Å². The Morgan fingerprint density at radius 3 is 2.71 bits per heavy atom. The Morgan fingerprint density at radius 2 is 2.10 bits per heavy atom. The molecule has 1 aromatic heterocycles. The van der Waals surface area contributed by atoms with Gasteiger partial charge in [-0.1, -0.05) is 6.42 Å². The van der Waals surface area contributed by atoms with Gasteiger partial charge in [-0.2, -0.15) is 0 Å². The summed E-state index contributed by atoms with van der Waals surface area (Å²) in [6.45, 7) is 4.25. The lowest BCUT2D eigenvalue weighted by Gasteiger charge is -2.32. The number of hydrogen-bond acceptors (Lipinski definition) is 5. The Hall–Kier alpha value is -0.960. The molecule has 0 aromatic carbocycles. The summed E-state index contributed by atoms with van der Waals surface area (Å²) in [7, 11) is -3.77. The molecular formula is C13H20N2O4S2. The number of thiophene rings is 1. The fraction of sp³-hybridized carbons (Fsp3) is 0.615. The predicted octanol–water partition coefficient (Wildman–Crippen LogP) is 1.60. The standard InChI is InChI=1S/C13H20N2O4S2/c1-10(15-6-3-2-4-7-15)9-14-21(18,19)11-5-8-20-12(11)13(16)17/h5,8,10,14H,2-4,6-7,9H2,1H3,(H,16,17). The van der Waals surface area contributed by atoms with Crippen molar-refractivity contribution in [3.05, 3.63) is 16.3 Å². The van der Waals surface area contributed by atoms with Gasteiger partial charge in [-0.05, 0) is 44.3 Å². The molecule has 1 aliphatic heterocycles. The lowest BCUT2D eigenvalue weighted by atomic mass is 10.1. The van der Waals surface area contributed by atoms with Crippen LogP contribution in [-0.2, 0) is 10.0 Å². The molecule has 0 radical (unpaired) electrons. The Labute approximate surface area is 128 Å². The molecule has 1 saturated heterocycles. The quantitative estimate of drug-likeness (QED) is 0.826. The van der Waals surface area contributed by atoms with Crippen molar-refractivity contribution in [3.63, 3.8) is 0 Å². The molecule has 2 N–H and O–H groups in total. The van der Waals surface area contributed by atoms with Crippen molar-refractivity contribution in [1.82, 2.24) is 9.62 Å². The van der Waals surface area contributed by atoms with Crippen LogP contribution in [0.15, 0.2) is 16.3 Å². The summed E-state index contributed by atoms with van der Waals surface area (Å²) in [5, 5.41) is 10.5. The Morgan fingerprint density at radius 1 is 1.43 bits per heavy atom. The van der Waals surface area contributed by atoms with Gasteiger partial charge in [0.15, 0.2) is 0 Å². The first-order valence-corrected chi connectivity index (χ1v) is 9.32. The van der Waals surface area contributed by atoms with Crippen LogP contribution in [0.3, 0.4) is 0 Å². The van der Waals surface area contributed by atoms with E-state index in [2.05, 4.69) is 9.62 Å². The molecule has 1 fully saturated rings. The first-order valence-electron chi connectivity index (χ1n) is 6.96. The summed E-state index contributed by atoms with van der Waals surface area (Å²) < 4.78 is 27.0. The summed E-state index contributed by atoms with van der Waals surface area (Å²) in [4.78, 5) is 13.0. The fourth-order valence-corrected chi connectivity index (χ4v) is 4.84. The average Bonchev–Trinajstić information content (AvgIpc) is 2.96. The molecule has 1 aliphatic rings. The number of nitrogens with zero attached hydrogens (tertiary/aromatic N) is 1. The number of carboxylic acid groups (broad SMARTS) is 1. The van der Waals surface area contributed by atoms with E-state index in [1.807, 2.05) is 6.92 Å². The molecule has 0 spiro atoms. The second-order valence-corrected chi connectivity index (χ2v) is 7.87. The molecule has 118 valence electrons. The van der Waals surface area contributed by atoms with E-state index in [-0.39, 0.29) is 22.4 Å². The lowest BCUT2D eigenvalue weighted by Crippen LogP contribution is -2.44. The molecule has 6 nitrogen and oxygen atoms in total.